The number of nitrogens with two attached hydrogens (primary N) is 1. The Morgan fingerprint density at radius 1 is 1.44 bits per heavy atom. The van der Waals surface area contributed by atoms with E-state index in [0.29, 0.717) is 15.9 Å². The number of pyridine rings is 1. The Balaban J connectivity index is 1.78. The summed E-state index contributed by atoms with van der Waals surface area (Å²) in [5.74, 6) is 0.818. The molecule has 138 valence electrons. The minimum Gasteiger partial charge on any atom is -0.354 e. The third-order valence-electron chi connectivity index (χ3n) is 4.56. The van der Waals surface area contributed by atoms with E-state index >= 15 is 0 Å². The zero-order valence-corrected chi connectivity index (χ0v) is 16.3. The number of nitrogens with one attached hydrogen (secondary N) is 1. The Morgan fingerprint density at radius 2 is 2.30 bits per heavy atom. The molecule has 9 heteroatoms. The number of aromatic amines is 1. The van der Waals surface area contributed by atoms with Crippen LogP contribution in [0.25, 0.3) is 11.0 Å². The summed E-state index contributed by atoms with van der Waals surface area (Å²) in [6.45, 7) is 3.64. The molecule has 1 fully saturated rings. The van der Waals surface area contributed by atoms with E-state index < -0.39 is 0 Å². The van der Waals surface area contributed by atoms with E-state index in [4.69, 9.17) is 27.6 Å². The summed E-state index contributed by atoms with van der Waals surface area (Å²) in [4.78, 5) is 19.9. The number of halogens is 1. The van der Waals surface area contributed by atoms with Gasteiger partial charge in [0.15, 0.2) is 5.16 Å². The molecule has 4 heterocycles. The number of hydrogen-bond donors (Lipinski definition) is 2. The van der Waals surface area contributed by atoms with Gasteiger partial charge in [0.2, 0.25) is 0 Å². The van der Waals surface area contributed by atoms with Gasteiger partial charge in [-0.25, -0.2) is 15.0 Å². The molecule has 27 heavy (non-hydrogen) atoms. The van der Waals surface area contributed by atoms with E-state index in [-0.39, 0.29) is 6.04 Å². The van der Waals surface area contributed by atoms with Crippen molar-refractivity contribution in [2.24, 2.45) is 5.73 Å². The fourth-order valence-corrected chi connectivity index (χ4v) is 4.26. The Hall–Kier alpha value is -2.34. The average molecular weight is 400 g/mol. The smallest absolute Gasteiger partial charge is 0.196 e. The maximum Gasteiger partial charge on any atom is 0.196 e. The van der Waals surface area contributed by atoms with E-state index in [0.717, 1.165) is 53.4 Å². The zero-order chi connectivity index (χ0) is 19.0. The lowest BCUT2D eigenvalue weighted by Crippen LogP contribution is -2.27. The van der Waals surface area contributed by atoms with Gasteiger partial charge < -0.3 is 15.6 Å². The highest BCUT2D eigenvalue weighted by molar-refractivity contribution is 7.99. The number of aromatic nitrogens is 4. The first kappa shape index (κ1) is 18.0. The predicted octanol–water partition coefficient (Wildman–Crippen LogP) is 3.13. The second-order valence-corrected chi connectivity index (χ2v) is 7.83. The van der Waals surface area contributed by atoms with Crippen LogP contribution >= 0.6 is 23.4 Å². The Morgan fingerprint density at radius 3 is 2.93 bits per heavy atom. The number of rotatable bonds is 4. The van der Waals surface area contributed by atoms with Crippen LogP contribution in [0.4, 0.5) is 5.82 Å². The number of aryl methyl sites for hydroxylation is 1. The number of anilines is 1. The highest BCUT2D eigenvalue weighted by Gasteiger charge is 2.26. The predicted molar refractivity (Wildman–Crippen MR) is 106 cm³/mol. The molecule has 0 aliphatic carbocycles. The van der Waals surface area contributed by atoms with Crippen molar-refractivity contribution >= 4 is 40.2 Å². The molecule has 3 aromatic heterocycles. The van der Waals surface area contributed by atoms with Gasteiger partial charge in [0.1, 0.15) is 23.2 Å². The summed E-state index contributed by atoms with van der Waals surface area (Å²) >= 11 is 8.01. The molecule has 1 aliphatic rings. The van der Waals surface area contributed by atoms with Gasteiger partial charge in [-0.3, -0.25) is 0 Å². The van der Waals surface area contributed by atoms with Crippen molar-refractivity contribution in [3.8, 4) is 6.07 Å². The van der Waals surface area contributed by atoms with Gasteiger partial charge in [-0.1, -0.05) is 18.5 Å². The molecule has 0 radical (unpaired) electrons. The van der Waals surface area contributed by atoms with Crippen LogP contribution in [0.15, 0.2) is 28.4 Å². The molecular weight excluding hydrogens is 382 g/mol. The first-order valence-corrected chi connectivity index (χ1v) is 9.91. The van der Waals surface area contributed by atoms with Crippen molar-refractivity contribution in [3.63, 3.8) is 0 Å². The highest BCUT2D eigenvalue weighted by atomic mass is 35.5. The molecule has 7 nitrogen and oxygen atoms in total. The van der Waals surface area contributed by atoms with Gasteiger partial charge in [-0.2, -0.15) is 5.26 Å². The summed E-state index contributed by atoms with van der Waals surface area (Å²) in [6.07, 6.45) is 3.37. The van der Waals surface area contributed by atoms with Crippen LogP contribution in [-0.4, -0.2) is 39.1 Å². The fourth-order valence-electron chi connectivity index (χ4n) is 3.18. The topological polar surface area (TPSA) is 108 Å². The molecular formula is C18H18ClN7S. The Labute approximate surface area is 166 Å². The molecule has 0 saturated carbocycles. The molecule has 0 bridgehead atoms. The van der Waals surface area contributed by atoms with Crippen LogP contribution < -0.4 is 10.6 Å². The van der Waals surface area contributed by atoms with Crippen LogP contribution in [0.5, 0.6) is 0 Å². The molecule has 0 spiro atoms. The van der Waals surface area contributed by atoms with Gasteiger partial charge in [0.25, 0.3) is 0 Å². The van der Waals surface area contributed by atoms with E-state index in [1.54, 1.807) is 12.3 Å². The fraction of sp³-hybridized carbons (Fsp3) is 0.333. The van der Waals surface area contributed by atoms with Crippen molar-refractivity contribution in [2.75, 3.05) is 18.0 Å². The summed E-state index contributed by atoms with van der Waals surface area (Å²) in [5, 5.41) is 11.0. The summed E-state index contributed by atoms with van der Waals surface area (Å²) in [6, 6.07) is 5.68. The van der Waals surface area contributed by atoms with Crippen molar-refractivity contribution in [3.05, 3.63) is 34.7 Å². The van der Waals surface area contributed by atoms with E-state index in [1.165, 1.54) is 11.8 Å². The normalized spacial score (nSPS) is 16.8. The zero-order valence-electron chi connectivity index (χ0n) is 14.7. The summed E-state index contributed by atoms with van der Waals surface area (Å²) in [7, 11) is 0. The number of nitrogens with zero attached hydrogens (tertiary/aromatic N) is 5. The maximum atomic E-state index is 8.89. The van der Waals surface area contributed by atoms with Crippen LogP contribution in [0.1, 0.15) is 24.7 Å². The minimum atomic E-state index is 0.136. The Bertz CT molecular complexity index is 1020. The third kappa shape index (κ3) is 3.46. The molecule has 1 aliphatic heterocycles. The molecule has 0 amide bonds. The Kier molecular flexibility index (Phi) is 4.91. The van der Waals surface area contributed by atoms with E-state index in [2.05, 4.69) is 19.9 Å². The van der Waals surface area contributed by atoms with Crippen LogP contribution in [0.3, 0.4) is 0 Å². The first-order chi connectivity index (χ1) is 13.1. The molecule has 4 rings (SSSR count). The summed E-state index contributed by atoms with van der Waals surface area (Å²) in [5.41, 5.74) is 8.16. The minimum absolute atomic E-state index is 0.136. The second kappa shape index (κ2) is 7.35. The quantitative estimate of drug-likeness (QED) is 0.649. The van der Waals surface area contributed by atoms with Crippen LogP contribution in [0.2, 0.25) is 5.02 Å². The van der Waals surface area contributed by atoms with Crippen molar-refractivity contribution < 1.29 is 0 Å². The lowest BCUT2D eigenvalue weighted by molar-refractivity contribution is 0.751. The lowest BCUT2D eigenvalue weighted by atomic mass is 10.3. The van der Waals surface area contributed by atoms with Gasteiger partial charge in [-0.15, -0.1) is 0 Å². The first-order valence-electron chi connectivity index (χ1n) is 8.71. The molecule has 3 aromatic rings. The number of hydrogen-bond acceptors (Lipinski definition) is 7. The summed E-state index contributed by atoms with van der Waals surface area (Å²) < 4.78 is 0. The third-order valence-corrected chi connectivity index (χ3v) is 5.82. The van der Waals surface area contributed by atoms with Crippen LogP contribution in [0, 0.1) is 11.3 Å². The van der Waals surface area contributed by atoms with Crippen molar-refractivity contribution in [1.82, 2.24) is 19.9 Å². The number of H-pyrrole nitrogens is 1. The second-order valence-electron chi connectivity index (χ2n) is 6.41. The standard InChI is InChI=1S/C18H18ClN7S/c1-2-13-15(19)14-16(23-13)24-18(25-17(14)26-6-5-10(21)9-26)27-12-4-3-11(7-20)22-8-12/h3-4,8,10H,2,5-6,9,21H2,1H3,(H,23,24,25). The van der Waals surface area contributed by atoms with Gasteiger partial charge >= 0.3 is 0 Å². The van der Waals surface area contributed by atoms with Gasteiger partial charge in [0, 0.05) is 35.9 Å². The van der Waals surface area contributed by atoms with Crippen LogP contribution in [-0.2, 0) is 6.42 Å². The largest absolute Gasteiger partial charge is 0.354 e. The van der Waals surface area contributed by atoms with Gasteiger partial charge in [-0.05, 0) is 36.7 Å². The van der Waals surface area contributed by atoms with E-state index in [1.807, 2.05) is 19.1 Å². The van der Waals surface area contributed by atoms with Crippen molar-refractivity contribution in [1.29, 1.82) is 5.26 Å². The van der Waals surface area contributed by atoms with Gasteiger partial charge in [0.05, 0.1) is 10.4 Å². The monoisotopic (exact) mass is 399 g/mol. The molecule has 1 saturated heterocycles. The number of fused-ring (bicyclic) bond motifs is 1. The maximum absolute atomic E-state index is 8.89. The lowest BCUT2D eigenvalue weighted by Gasteiger charge is -2.18. The molecule has 0 aromatic carbocycles. The average Bonchev–Trinajstić information content (AvgIpc) is 3.25. The number of nitriles is 1. The van der Waals surface area contributed by atoms with Crippen molar-refractivity contribution in [2.45, 2.75) is 35.9 Å². The molecule has 3 N–H and O–H groups in total. The molecule has 1 atom stereocenters. The SMILES string of the molecule is CCc1[nH]c2nc(Sc3ccc(C#N)nc3)nc(N3CCC(N)C3)c2c1Cl. The molecule has 1 unspecified atom stereocenters. The van der Waals surface area contributed by atoms with E-state index in [9.17, 15) is 0 Å². The highest BCUT2D eigenvalue weighted by Crippen LogP contribution is 2.37.